The minimum absolute atomic E-state index is 0.289. The van der Waals surface area contributed by atoms with Gasteiger partial charge in [0.05, 0.1) is 18.3 Å². The fraction of sp³-hybridized carbons (Fsp3) is 0.241. The normalized spacial score (nSPS) is 17.3. The zero-order valence-electron chi connectivity index (χ0n) is 21.3. The Morgan fingerprint density at radius 2 is 1.69 bits per heavy atom. The number of anilines is 1. The smallest absolute Gasteiger partial charge is 0.320 e. The van der Waals surface area contributed by atoms with Crippen molar-refractivity contribution in [3.05, 3.63) is 101 Å². The number of likely N-dealkylation sites (tertiary alicyclic amines) is 1. The van der Waals surface area contributed by atoms with Crippen molar-refractivity contribution < 1.29 is 18.3 Å². The van der Waals surface area contributed by atoms with Crippen LogP contribution in [0.4, 0.5) is 19.4 Å². The number of carbonyl (C=O) groups excluding carboxylic acids is 1. The number of urea groups is 1. The van der Waals surface area contributed by atoms with Gasteiger partial charge in [-0.05, 0) is 29.8 Å². The van der Waals surface area contributed by atoms with Crippen molar-refractivity contribution in [1.29, 1.82) is 0 Å². The van der Waals surface area contributed by atoms with Crippen LogP contribution in [0.15, 0.2) is 78.9 Å². The van der Waals surface area contributed by atoms with Gasteiger partial charge < -0.3 is 10.1 Å². The summed E-state index contributed by atoms with van der Waals surface area (Å²) >= 11 is 6.78. The summed E-state index contributed by atoms with van der Waals surface area (Å²) < 4.78 is 34.9. The van der Waals surface area contributed by atoms with E-state index in [4.69, 9.17) is 21.4 Å². The van der Waals surface area contributed by atoms with Crippen molar-refractivity contribution in [2.24, 2.45) is 0 Å². The van der Waals surface area contributed by atoms with E-state index in [0.29, 0.717) is 43.3 Å². The minimum atomic E-state index is -0.657. The van der Waals surface area contributed by atoms with E-state index in [-0.39, 0.29) is 10.9 Å². The lowest BCUT2D eigenvalue weighted by atomic mass is 9.94. The molecule has 1 saturated heterocycles. The first kappa shape index (κ1) is 26.8. The summed E-state index contributed by atoms with van der Waals surface area (Å²) in [6.45, 7) is 2.12. The van der Waals surface area contributed by atoms with E-state index in [2.05, 4.69) is 15.5 Å². The molecule has 1 fully saturated rings. The Morgan fingerprint density at radius 3 is 2.36 bits per heavy atom. The molecule has 39 heavy (non-hydrogen) atoms. The van der Waals surface area contributed by atoms with Gasteiger partial charge in [0.15, 0.2) is 5.82 Å². The summed E-state index contributed by atoms with van der Waals surface area (Å²) in [4.78, 5) is 15.5. The number of aromatic nitrogens is 2. The molecule has 0 saturated carbocycles. The molecule has 2 amide bonds. The summed E-state index contributed by atoms with van der Waals surface area (Å²) in [6, 6.07) is 21.4. The van der Waals surface area contributed by atoms with Crippen LogP contribution in [0.3, 0.4) is 0 Å². The molecule has 0 spiro atoms. The Morgan fingerprint density at radius 1 is 1.03 bits per heavy atom. The van der Waals surface area contributed by atoms with E-state index in [1.807, 2.05) is 60.7 Å². The number of nitrogens with one attached hydrogen (secondary N) is 2. The highest BCUT2D eigenvalue weighted by Gasteiger charge is 2.35. The first-order valence-electron chi connectivity index (χ1n) is 12.6. The quantitative estimate of drug-likeness (QED) is 0.294. The highest BCUT2D eigenvalue weighted by Crippen LogP contribution is 2.35. The van der Waals surface area contributed by atoms with Crippen molar-refractivity contribution in [3.63, 3.8) is 0 Å². The Kier molecular flexibility index (Phi) is 8.21. The minimum Gasteiger partial charge on any atom is -0.383 e. The molecule has 0 aliphatic carbocycles. The molecule has 0 radical (unpaired) electrons. The Bertz CT molecular complexity index is 1410. The molecular weight excluding hydrogens is 524 g/mol. The SMILES string of the molecule is COCCN1C[C@@H](NC(=O)Nc2c(Cl)c(-c3ccccc3)nn2-c2ccccc2)[C@H](c2cc(F)cc(F)c2)C1. The molecule has 2 heterocycles. The third-order valence-corrected chi connectivity index (χ3v) is 7.10. The van der Waals surface area contributed by atoms with Crippen molar-refractivity contribution in [1.82, 2.24) is 20.0 Å². The maximum Gasteiger partial charge on any atom is 0.320 e. The summed E-state index contributed by atoms with van der Waals surface area (Å²) in [6.07, 6.45) is 0. The average molecular weight is 552 g/mol. The number of amides is 2. The lowest BCUT2D eigenvalue weighted by Crippen LogP contribution is -2.42. The number of hydrogen-bond acceptors (Lipinski definition) is 4. The number of para-hydroxylation sites is 1. The first-order valence-corrected chi connectivity index (χ1v) is 12.9. The van der Waals surface area contributed by atoms with Gasteiger partial charge in [-0.25, -0.2) is 18.3 Å². The number of rotatable bonds is 8. The van der Waals surface area contributed by atoms with E-state index < -0.39 is 23.7 Å². The van der Waals surface area contributed by atoms with Crippen LogP contribution in [-0.2, 0) is 4.74 Å². The number of methoxy groups -OCH3 is 1. The fourth-order valence-electron chi connectivity index (χ4n) is 4.92. The average Bonchev–Trinajstić information content (AvgIpc) is 3.48. The van der Waals surface area contributed by atoms with Crippen LogP contribution >= 0.6 is 11.6 Å². The Labute approximate surface area is 230 Å². The van der Waals surface area contributed by atoms with Gasteiger partial charge in [-0.3, -0.25) is 10.2 Å². The summed E-state index contributed by atoms with van der Waals surface area (Å²) in [5, 5.41) is 10.9. The Hall–Kier alpha value is -3.79. The molecule has 0 bridgehead atoms. The molecule has 202 valence electrons. The topological polar surface area (TPSA) is 71.4 Å². The molecule has 1 aromatic heterocycles. The highest BCUT2D eigenvalue weighted by atomic mass is 35.5. The van der Waals surface area contributed by atoms with Crippen molar-refractivity contribution in [3.8, 4) is 16.9 Å². The molecule has 7 nitrogen and oxygen atoms in total. The molecule has 4 aromatic rings. The second kappa shape index (κ2) is 11.9. The third kappa shape index (κ3) is 6.11. The first-order chi connectivity index (χ1) is 18.9. The summed E-state index contributed by atoms with van der Waals surface area (Å²) in [5.41, 5.74) is 2.53. The van der Waals surface area contributed by atoms with Crippen LogP contribution in [0.25, 0.3) is 16.9 Å². The van der Waals surface area contributed by atoms with E-state index in [9.17, 15) is 13.6 Å². The van der Waals surface area contributed by atoms with E-state index in [1.54, 1.807) is 11.8 Å². The zero-order valence-corrected chi connectivity index (χ0v) is 22.0. The Balaban J connectivity index is 1.42. The third-order valence-electron chi connectivity index (χ3n) is 6.74. The van der Waals surface area contributed by atoms with Crippen LogP contribution in [0, 0.1) is 11.6 Å². The van der Waals surface area contributed by atoms with E-state index >= 15 is 0 Å². The van der Waals surface area contributed by atoms with Gasteiger partial charge in [0.2, 0.25) is 0 Å². The van der Waals surface area contributed by atoms with Gasteiger partial charge >= 0.3 is 6.03 Å². The standard InChI is InChI=1S/C29H28ClF2N5O2/c1-39-13-12-36-17-24(20-14-21(31)16-22(32)15-20)25(18-36)33-29(38)34-28-26(30)27(19-8-4-2-5-9-19)35-37(28)23-10-6-3-7-11-23/h2-11,14-16,24-25H,12-13,17-18H2,1H3,(H2,33,34,38)/t24-,25+/m0/s1. The van der Waals surface area contributed by atoms with Gasteiger partial charge in [-0.2, -0.15) is 5.10 Å². The predicted molar refractivity (Wildman–Crippen MR) is 147 cm³/mol. The molecule has 0 unspecified atom stereocenters. The van der Waals surface area contributed by atoms with Gasteiger partial charge in [-0.15, -0.1) is 0 Å². The second-order valence-corrected chi connectivity index (χ2v) is 9.77. The number of halogens is 3. The zero-order chi connectivity index (χ0) is 27.4. The van der Waals surface area contributed by atoms with Crippen LogP contribution < -0.4 is 10.6 Å². The lowest BCUT2D eigenvalue weighted by Gasteiger charge is -2.21. The predicted octanol–water partition coefficient (Wildman–Crippen LogP) is 5.71. The molecule has 1 aliphatic heterocycles. The number of carbonyl (C=O) groups is 1. The number of benzene rings is 3. The van der Waals surface area contributed by atoms with Crippen LogP contribution in [0.2, 0.25) is 5.02 Å². The maximum atomic E-state index is 14.1. The largest absolute Gasteiger partial charge is 0.383 e. The fourth-order valence-corrected chi connectivity index (χ4v) is 5.19. The number of ether oxygens (including phenoxy) is 1. The molecule has 2 atom stereocenters. The monoisotopic (exact) mass is 551 g/mol. The summed E-state index contributed by atoms with van der Waals surface area (Å²) in [5.74, 6) is -1.33. The summed E-state index contributed by atoms with van der Waals surface area (Å²) in [7, 11) is 1.61. The van der Waals surface area contributed by atoms with E-state index in [0.717, 1.165) is 17.3 Å². The lowest BCUT2D eigenvalue weighted by molar-refractivity contribution is 0.159. The van der Waals surface area contributed by atoms with Crippen molar-refractivity contribution in [2.45, 2.75) is 12.0 Å². The van der Waals surface area contributed by atoms with Crippen LogP contribution in [0.1, 0.15) is 11.5 Å². The van der Waals surface area contributed by atoms with Crippen LogP contribution in [0.5, 0.6) is 0 Å². The molecule has 5 rings (SSSR count). The second-order valence-electron chi connectivity index (χ2n) is 9.39. The molecule has 1 aliphatic rings. The highest BCUT2D eigenvalue weighted by molar-refractivity contribution is 6.36. The van der Waals surface area contributed by atoms with Gasteiger partial charge in [0.25, 0.3) is 0 Å². The molecule has 10 heteroatoms. The molecular formula is C29H28ClF2N5O2. The van der Waals surface area contributed by atoms with Gasteiger partial charge in [-0.1, -0.05) is 60.1 Å². The van der Waals surface area contributed by atoms with Crippen molar-refractivity contribution >= 4 is 23.4 Å². The molecule has 2 N–H and O–H groups in total. The molecule has 3 aromatic carbocycles. The van der Waals surface area contributed by atoms with Gasteiger partial charge in [0.1, 0.15) is 22.4 Å². The maximum absolute atomic E-state index is 14.1. The van der Waals surface area contributed by atoms with Crippen molar-refractivity contribution in [2.75, 3.05) is 38.7 Å². The number of hydrogen-bond donors (Lipinski definition) is 2. The van der Waals surface area contributed by atoms with E-state index in [1.165, 1.54) is 12.1 Å². The number of nitrogens with zero attached hydrogens (tertiary/aromatic N) is 3. The van der Waals surface area contributed by atoms with Crippen LogP contribution in [-0.4, -0.2) is 60.1 Å². The van der Waals surface area contributed by atoms with Gasteiger partial charge in [0, 0.05) is 44.3 Å².